The Balaban J connectivity index is 1.56. The number of fused-ring (bicyclic) bond motifs is 1. The highest BCUT2D eigenvalue weighted by Gasteiger charge is 2.33. The fraction of sp³-hybridized carbons (Fsp3) is 0.129. The Morgan fingerprint density at radius 2 is 1.34 bits per heavy atom. The van der Waals surface area contributed by atoms with Crippen molar-refractivity contribution in [3.63, 3.8) is 0 Å². The van der Waals surface area contributed by atoms with Crippen LogP contribution in [0.25, 0.3) is 22.8 Å². The molecule has 0 saturated carbocycles. The SMILES string of the molecule is COc1ccc(CN2C(=O)/C(=C\c3ccc(C(F)(F)F)cc3)c3cc(-c4ccc(OC)cc4)ccc32)cc1. The van der Waals surface area contributed by atoms with Gasteiger partial charge in [-0.2, -0.15) is 13.2 Å². The summed E-state index contributed by atoms with van der Waals surface area (Å²) in [7, 11) is 3.19. The predicted octanol–water partition coefficient (Wildman–Crippen LogP) is 7.48. The summed E-state index contributed by atoms with van der Waals surface area (Å²) >= 11 is 0. The topological polar surface area (TPSA) is 38.8 Å². The van der Waals surface area contributed by atoms with E-state index in [-0.39, 0.29) is 5.91 Å². The molecule has 0 unspecified atom stereocenters. The number of rotatable bonds is 6. The Labute approximate surface area is 218 Å². The number of halogens is 3. The van der Waals surface area contributed by atoms with E-state index in [2.05, 4.69) is 0 Å². The Hall–Kier alpha value is -4.52. The third-order valence-corrected chi connectivity index (χ3v) is 6.53. The van der Waals surface area contributed by atoms with Gasteiger partial charge in [-0.05, 0) is 76.9 Å². The first-order valence-electron chi connectivity index (χ1n) is 11.9. The van der Waals surface area contributed by atoms with Crippen LogP contribution >= 0.6 is 0 Å². The molecule has 1 aliphatic rings. The largest absolute Gasteiger partial charge is 0.497 e. The van der Waals surface area contributed by atoms with Gasteiger partial charge in [0.2, 0.25) is 0 Å². The van der Waals surface area contributed by atoms with E-state index in [9.17, 15) is 18.0 Å². The molecule has 38 heavy (non-hydrogen) atoms. The minimum absolute atomic E-state index is 0.220. The molecule has 0 N–H and O–H groups in total. The lowest BCUT2D eigenvalue weighted by Gasteiger charge is -2.18. The maximum Gasteiger partial charge on any atom is 0.416 e. The Morgan fingerprint density at radius 3 is 1.92 bits per heavy atom. The van der Waals surface area contributed by atoms with Crippen LogP contribution in [-0.2, 0) is 17.5 Å². The summed E-state index contributed by atoms with van der Waals surface area (Å²) in [5.74, 6) is 1.23. The zero-order valence-corrected chi connectivity index (χ0v) is 20.8. The van der Waals surface area contributed by atoms with Crippen molar-refractivity contribution >= 4 is 23.2 Å². The van der Waals surface area contributed by atoms with E-state index in [1.165, 1.54) is 12.1 Å². The fourth-order valence-corrected chi connectivity index (χ4v) is 4.47. The van der Waals surface area contributed by atoms with Crippen molar-refractivity contribution in [3.05, 3.63) is 113 Å². The molecule has 1 amide bonds. The molecule has 4 aromatic carbocycles. The minimum Gasteiger partial charge on any atom is -0.497 e. The molecule has 0 atom stereocenters. The van der Waals surface area contributed by atoms with Gasteiger partial charge in [-0.3, -0.25) is 4.79 Å². The highest BCUT2D eigenvalue weighted by atomic mass is 19.4. The molecular weight excluding hydrogens is 491 g/mol. The van der Waals surface area contributed by atoms with E-state index >= 15 is 0 Å². The molecule has 5 rings (SSSR count). The van der Waals surface area contributed by atoms with Gasteiger partial charge in [0.1, 0.15) is 11.5 Å². The van der Waals surface area contributed by atoms with E-state index in [0.717, 1.165) is 45.8 Å². The van der Waals surface area contributed by atoms with Crippen molar-refractivity contribution in [2.75, 3.05) is 19.1 Å². The van der Waals surface area contributed by atoms with Crippen LogP contribution in [0.4, 0.5) is 18.9 Å². The lowest BCUT2D eigenvalue weighted by atomic mass is 9.98. The summed E-state index contributed by atoms with van der Waals surface area (Å²) in [5, 5.41) is 0. The first-order chi connectivity index (χ1) is 18.3. The lowest BCUT2D eigenvalue weighted by Crippen LogP contribution is -2.25. The van der Waals surface area contributed by atoms with Gasteiger partial charge >= 0.3 is 6.18 Å². The van der Waals surface area contributed by atoms with Crippen molar-refractivity contribution in [1.82, 2.24) is 0 Å². The predicted molar refractivity (Wildman–Crippen MR) is 142 cm³/mol. The van der Waals surface area contributed by atoms with Gasteiger partial charge in [0.25, 0.3) is 5.91 Å². The van der Waals surface area contributed by atoms with Gasteiger partial charge in [0.15, 0.2) is 0 Å². The summed E-state index contributed by atoms with van der Waals surface area (Å²) in [5.41, 5.74) is 4.42. The Morgan fingerprint density at radius 1 is 0.763 bits per heavy atom. The molecule has 4 nitrogen and oxygen atoms in total. The van der Waals surface area contributed by atoms with Crippen LogP contribution in [0, 0.1) is 0 Å². The number of methoxy groups -OCH3 is 2. The number of carbonyl (C=O) groups excluding carboxylic acids is 1. The summed E-state index contributed by atoms with van der Waals surface area (Å²) in [6.07, 6.45) is -2.78. The number of benzene rings is 4. The monoisotopic (exact) mass is 515 g/mol. The third kappa shape index (κ3) is 5.00. The number of ether oxygens (including phenoxy) is 2. The van der Waals surface area contributed by atoms with Crippen LogP contribution in [0.1, 0.15) is 22.3 Å². The smallest absolute Gasteiger partial charge is 0.416 e. The second-order valence-corrected chi connectivity index (χ2v) is 8.88. The second kappa shape index (κ2) is 10.1. The molecule has 4 aromatic rings. The molecule has 0 saturated heterocycles. The van der Waals surface area contributed by atoms with Crippen LogP contribution in [0.3, 0.4) is 0 Å². The molecule has 0 aromatic heterocycles. The molecule has 0 aliphatic carbocycles. The minimum atomic E-state index is -4.43. The van der Waals surface area contributed by atoms with Gasteiger partial charge < -0.3 is 14.4 Å². The van der Waals surface area contributed by atoms with Crippen LogP contribution in [0.5, 0.6) is 11.5 Å². The first-order valence-corrected chi connectivity index (χ1v) is 11.9. The van der Waals surface area contributed by atoms with E-state index < -0.39 is 11.7 Å². The van der Waals surface area contributed by atoms with E-state index in [0.29, 0.717) is 23.4 Å². The van der Waals surface area contributed by atoms with Crippen LogP contribution in [-0.4, -0.2) is 20.1 Å². The third-order valence-electron chi connectivity index (χ3n) is 6.53. The van der Waals surface area contributed by atoms with E-state index in [1.807, 2.05) is 66.7 Å². The zero-order chi connectivity index (χ0) is 26.9. The van der Waals surface area contributed by atoms with Crippen molar-refractivity contribution in [2.24, 2.45) is 0 Å². The van der Waals surface area contributed by atoms with E-state index in [4.69, 9.17) is 9.47 Å². The van der Waals surface area contributed by atoms with Crippen LogP contribution < -0.4 is 14.4 Å². The number of alkyl halides is 3. The number of nitrogens with zero attached hydrogens (tertiary/aromatic N) is 1. The van der Waals surface area contributed by atoms with Crippen molar-refractivity contribution < 1.29 is 27.4 Å². The normalized spacial score (nSPS) is 14.1. The number of hydrogen-bond donors (Lipinski definition) is 0. The molecule has 1 aliphatic heterocycles. The van der Waals surface area contributed by atoms with Crippen molar-refractivity contribution in [1.29, 1.82) is 0 Å². The summed E-state index contributed by atoms with van der Waals surface area (Å²) in [6, 6.07) is 25.7. The lowest BCUT2D eigenvalue weighted by molar-refractivity contribution is -0.137. The molecule has 0 bridgehead atoms. The first kappa shape index (κ1) is 25.1. The van der Waals surface area contributed by atoms with Gasteiger partial charge in [0.05, 0.1) is 32.0 Å². The average molecular weight is 516 g/mol. The number of hydrogen-bond acceptors (Lipinski definition) is 3. The summed E-state index contributed by atoms with van der Waals surface area (Å²) < 4.78 is 49.6. The standard InChI is InChI=1S/C31H24F3NO3/c1-37-25-12-5-21(6-13-25)19-35-29-16-9-23(22-7-14-26(38-2)15-8-22)18-27(29)28(30(35)36)17-20-3-10-24(11-4-20)31(32,33)34/h3-18H,19H2,1-2H3/b28-17-. The van der Waals surface area contributed by atoms with E-state index in [1.54, 1.807) is 25.2 Å². The Kier molecular flexibility index (Phi) is 6.68. The molecule has 0 spiro atoms. The maximum atomic E-state index is 13.7. The number of anilines is 1. The number of amides is 1. The number of carbonyl (C=O) groups is 1. The highest BCUT2D eigenvalue weighted by molar-refractivity contribution is 6.36. The molecular formula is C31H24F3NO3. The summed E-state index contributed by atoms with van der Waals surface area (Å²) in [6.45, 7) is 0.335. The van der Waals surface area contributed by atoms with Gasteiger partial charge in [-0.25, -0.2) is 0 Å². The fourth-order valence-electron chi connectivity index (χ4n) is 4.47. The van der Waals surface area contributed by atoms with Crippen LogP contribution in [0.15, 0.2) is 91.0 Å². The maximum absolute atomic E-state index is 13.7. The average Bonchev–Trinajstić information content (AvgIpc) is 3.18. The van der Waals surface area contributed by atoms with Crippen LogP contribution in [0.2, 0.25) is 0 Å². The molecule has 0 fully saturated rings. The van der Waals surface area contributed by atoms with Gasteiger partial charge in [-0.15, -0.1) is 0 Å². The second-order valence-electron chi connectivity index (χ2n) is 8.88. The van der Waals surface area contributed by atoms with Crippen molar-refractivity contribution in [3.8, 4) is 22.6 Å². The molecule has 7 heteroatoms. The molecule has 0 radical (unpaired) electrons. The van der Waals surface area contributed by atoms with Gasteiger partial charge in [0, 0.05) is 11.1 Å². The van der Waals surface area contributed by atoms with Gasteiger partial charge in [-0.1, -0.05) is 42.5 Å². The highest BCUT2D eigenvalue weighted by Crippen LogP contribution is 2.41. The molecule has 1 heterocycles. The summed E-state index contributed by atoms with van der Waals surface area (Å²) in [4.78, 5) is 15.4. The van der Waals surface area contributed by atoms with Crippen molar-refractivity contribution in [2.45, 2.75) is 12.7 Å². The molecule has 192 valence electrons. The zero-order valence-electron chi connectivity index (χ0n) is 20.8. The Bertz CT molecular complexity index is 1490. The quantitative estimate of drug-likeness (QED) is 0.250.